The zero-order chi connectivity index (χ0) is 15.5. The number of halogens is 1. The first kappa shape index (κ1) is 15.0. The van der Waals surface area contributed by atoms with Gasteiger partial charge in [-0.15, -0.1) is 0 Å². The van der Waals surface area contributed by atoms with Crippen LogP contribution in [-0.4, -0.2) is 39.2 Å². The molecule has 0 saturated carbocycles. The third-order valence-corrected chi connectivity index (χ3v) is 4.04. The Hall–Kier alpha value is -1.92. The van der Waals surface area contributed by atoms with Gasteiger partial charge in [-0.05, 0) is 43.7 Å². The summed E-state index contributed by atoms with van der Waals surface area (Å²) >= 11 is 5.85. The number of benzene rings is 1. The minimum atomic E-state index is -0.739. The van der Waals surface area contributed by atoms with E-state index >= 15 is 0 Å². The summed E-state index contributed by atoms with van der Waals surface area (Å²) < 4.78 is 5.26. The highest BCUT2D eigenvalue weighted by atomic mass is 35.5. The van der Waals surface area contributed by atoms with Crippen molar-refractivity contribution in [2.24, 2.45) is 5.92 Å². The van der Waals surface area contributed by atoms with Crippen molar-refractivity contribution in [1.29, 1.82) is 0 Å². The van der Waals surface area contributed by atoms with Crippen molar-refractivity contribution >= 4 is 17.6 Å². The highest BCUT2D eigenvalue weighted by Crippen LogP contribution is 2.21. The predicted molar refractivity (Wildman–Crippen MR) is 80.4 cm³/mol. The molecule has 116 valence electrons. The molecular formula is C15H16ClN3O3. The molecule has 0 bridgehead atoms. The third kappa shape index (κ3) is 3.45. The number of piperidine rings is 1. The average molecular weight is 322 g/mol. The lowest BCUT2D eigenvalue weighted by Crippen LogP contribution is -2.38. The van der Waals surface area contributed by atoms with E-state index in [9.17, 15) is 4.79 Å². The van der Waals surface area contributed by atoms with Crippen molar-refractivity contribution in [1.82, 2.24) is 15.0 Å². The number of hydrogen-bond acceptors (Lipinski definition) is 5. The largest absolute Gasteiger partial charge is 0.481 e. The van der Waals surface area contributed by atoms with Crippen molar-refractivity contribution in [3.05, 3.63) is 35.2 Å². The van der Waals surface area contributed by atoms with E-state index in [-0.39, 0.29) is 5.92 Å². The van der Waals surface area contributed by atoms with Gasteiger partial charge in [0, 0.05) is 17.1 Å². The third-order valence-electron chi connectivity index (χ3n) is 3.78. The van der Waals surface area contributed by atoms with Crippen LogP contribution in [0.25, 0.3) is 11.4 Å². The number of carbonyl (C=O) groups is 1. The summed E-state index contributed by atoms with van der Waals surface area (Å²) in [6.45, 7) is 1.85. The van der Waals surface area contributed by atoms with Gasteiger partial charge in [-0.1, -0.05) is 16.8 Å². The normalized spacial score (nSPS) is 19.2. The maximum absolute atomic E-state index is 11.1. The molecule has 1 atom stereocenters. The monoisotopic (exact) mass is 321 g/mol. The fraction of sp³-hybridized carbons (Fsp3) is 0.400. The molecule has 1 aliphatic rings. The second-order valence-electron chi connectivity index (χ2n) is 5.43. The van der Waals surface area contributed by atoms with Gasteiger partial charge >= 0.3 is 5.97 Å². The fourth-order valence-corrected chi connectivity index (χ4v) is 2.75. The topological polar surface area (TPSA) is 79.5 Å². The van der Waals surface area contributed by atoms with Crippen molar-refractivity contribution in [2.75, 3.05) is 13.1 Å². The molecule has 1 fully saturated rings. The van der Waals surface area contributed by atoms with E-state index in [2.05, 4.69) is 10.1 Å². The van der Waals surface area contributed by atoms with Crippen molar-refractivity contribution in [2.45, 2.75) is 19.4 Å². The Morgan fingerprint density at radius 3 is 2.91 bits per heavy atom. The van der Waals surface area contributed by atoms with Gasteiger partial charge in [-0.3, -0.25) is 9.69 Å². The zero-order valence-corrected chi connectivity index (χ0v) is 12.7. The fourth-order valence-electron chi connectivity index (χ4n) is 2.63. The molecule has 0 radical (unpaired) electrons. The molecule has 1 N–H and O–H groups in total. The average Bonchev–Trinajstić information content (AvgIpc) is 2.96. The van der Waals surface area contributed by atoms with Crippen LogP contribution in [0.1, 0.15) is 18.7 Å². The summed E-state index contributed by atoms with van der Waals surface area (Å²) in [6.07, 6.45) is 1.60. The lowest BCUT2D eigenvalue weighted by molar-refractivity contribution is -0.143. The van der Waals surface area contributed by atoms with Crippen molar-refractivity contribution in [3.63, 3.8) is 0 Å². The molecule has 1 aromatic heterocycles. The van der Waals surface area contributed by atoms with Gasteiger partial charge in [0.05, 0.1) is 12.5 Å². The predicted octanol–water partition coefficient (Wildman–Crippen LogP) is 2.69. The van der Waals surface area contributed by atoms with Crippen LogP contribution in [0.5, 0.6) is 0 Å². The number of carboxylic acid groups (broad SMARTS) is 1. The van der Waals surface area contributed by atoms with E-state index in [0.29, 0.717) is 29.8 Å². The summed E-state index contributed by atoms with van der Waals surface area (Å²) in [5.74, 6) is -0.0426. The van der Waals surface area contributed by atoms with Gasteiger partial charge in [0.1, 0.15) is 0 Å². The van der Waals surface area contributed by atoms with Gasteiger partial charge < -0.3 is 9.63 Å². The Bertz CT molecular complexity index is 656. The van der Waals surface area contributed by atoms with E-state index in [4.69, 9.17) is 21.2 Å². The van der Waals surface area contributed by atoms with Crippen molar-refractivity contribution in [3.8, 4) is 11.4 Å². The smallest absolute Gasteiger partial charge is 0.307 e. The van der Waals surface area contributed by atoms with Crippen LogP contribution in [0.4, 0.5) is 0 Å². The Morgan fingerprint density at radius 1 is 1.41 bits per heavy atom. The summed E-state index contributed by atoms with van der Waals surface area (Å²) in [7, 11) is 0. The molecule has 1 aliphatic heterocycles. The quantitative estimate of drug-likeness (QED) is 0.932. The summed E-state index contributed by atoms with van der Waals surface area (Å²) in [5.41, 5.74) is 0.835. The van der Waals surface area contributed by atoms with Gasteiger partial charge in [-0.2, -0.15) is 4.98 Å². The maximum atomic E-state index is 11.1. The first-order valence-electron chi connectivity index (χ1n) is 7.15. The van der Waals surface area contributed by atoms with E-state index in [1.165, 1.54) is 0 Å². The summed E-state index contributed by atoms with van der Waals surface area (Å²) in [4.78, 5) is 17.5. The number of carboxylic acids is 1. The molecule has 0 unspecified atom stereocenters. The SMILES string of the molecule is O=C(O)[C@@H]1CCCN(Cc2nc(-c3ccc(Cl)cc3)no2)C1. The van der Waals surface area contributed by atoms with Crippen LogP contribution in [0.3, 0.4) is 0 Å². The van der Waals surface area contributed by atoms with E-state index in [1.807, 2.05) is 17.0 Å². The van der Waals surface area contributed by atoms with E-state index < -0.39 is 5.97 Å². The van der Waals surface area contributed by atoms with Crippen LogP contribution in [0.2, 0.25) is 5.02 Å². The Kier molecular flexibility index (Phi) is 4.40. The number of aliphatic carboxylic acids is 1. The van der Waals surface area contributed by atoms with Crippen LogP contribution >= 0.6 is 11.6 Å². The summed E-state index contributed by atoms with van der Waals surface area (Å²) in [6, 6.07) is 7.21. The Morgan fingerprint density at radius 2 is 2.18 bits per heavy atom. The van der Waals surface area contributed by atoms with Crippen LogP contribution in [-0.2, 0) is 11.3 Å². The number of rotatable bonds is 4. The molecule has 22 heavy (non-hydrogen) atoms. The summed E-state index contributed by atoms with van der Waals surface area (Å²) in [5, 5.41) is 13.7. The first-order valence-corrected chi connectivity index (χ1v) is 7.53. The van der Waals surface area contributed by atoms with Crippen LogP contribution < -0.4 is 0 Å². The number of nitrogens with zero attached hydrogens (tertiary/aromatic N) is 3. The van der Waals surface area contributed by atoms with E-state index in [1.54, 1.807) is 12.1 Å². The molecule has 2 aromatic rings. The van der Waals surface area contributed by atoms with Gasteiger partial charge in [-0.25, -0.2) is 0 Å². The van der Waals surface area contributed by atoms with Gasteiger partial charge in [0.15, 0.2) is 0 Å². The van der Waals surface area contributed by atoms with Crippen LogP contribution in [0.15, 0.2) is 28.8 Å². The lowest BCUT2D eigenvalue weighted by Gasteiger charge is -2.29. The maximum Gasteiger partial charge on any atom is 0.307 e. The number of aromatic nitrogens is 2. The van der Waals surface area contributed by atoms with Gasteiger partial charge in [0.2, 0.25) is 11.7 Å². The molecular weight excluding hydrogens is 306 g/mol. The molecule has 0 amide bonds. The second kappa shape index (κ2) is 6.46. The molecule has 0 aliphatic carbocycles. The molecule has 3 rings (SSSR count). The first-order chi connectivity index (χ1) is 10.6. The molecule has 1 aromatic carbocycles. The lowest BCUT2D eigenvalue weighted by atomic mass is 9.98. The number of likely N-dealkylation sites (tertiary alicyclic amines) is 1. The highest BCUT2D eigenvalue weighted by molar-refractivity contribution is 6.30. The molecule has 1 saturated heterocycles. The molecule has 2 heterocycles. The Balaban J connectivity index is 1.66. The molecule has 7 heteroatoms. The number of hydrogen-bond donors (Lipinski definition) is 1. The van der Waals surface area contributed by atoms with Gasteiger partial charge in [0.25, 0.3) is 0 Å². The van der Waals surface area contributed by atoms with Crippen LogP contribution in [0, 0.1) is 5.92 Å². The van der Waals surface area contributed by atoms with E-state index in [0.717, 1.165) is 24.9 Å². The van der Waals surface area contributed by atoms with Crippen molar-refractivity contribution < 1.29 is 14.4 Å². The minimum absolute atomic E-state index is 0.313. The highest BCUT2D eigenvalue weighted by Gasteiger charge is 2.26. The zero-order valence-electron chi connectivity index (χ0n) is 11.9. The molecule has 6 nitrogen and oxygen atoms in total. The standard InChI is InChI=1S/C15H16ClN3O3/c16-12-5-3-10(4-6-12)14-17-13(22-18-14)9-19-7-1-2-11(8-19)15(20)21/h3-6,11H,1-2,7-9H2,(H,20,21)/t11-/m1/s1. The second-order valence-corrected chi connectivity index (χ2v) is 5.87. The Labute approximate surface area is 132 Å². The minimum Gasteiger partial charge on any atom is -0.481 e. The molecule has 0 spiro atoms.